The first-order chi connectivity index (χ1) is 6.27. The van der Waals surface area contributed by atoms with Gasteiger partial charge in [-0.1, -0.05) is 12.8 Å². The van der Waals surface area contributed by atoms with Crippen LogP contribution < -0.4 is 0 Å². The van der Waals surface area contributed by atoms with Gasteiger partial charge in [0.2, 0.25) is 0 Å². The van der Waals surface area contributed by atoms with Crippen LogP contribution in [0.3, 0.4) is 0 Å². The van der Waals surface area contributed by atoms with Crippen LogP contribution in [-0.2, 0) is 0 Å². The molecule has 1 fully saturated rings. The van der Waals surface area contributed by atoms with Gasteiger partial charge in [-0.2, -0.15) is 0 Å². The smallest absolute Gasteiger partial charge is 0.0960 e. The zero-order valence-corrected chi connectivity index (χ0v) is 8.68. The second-order valence-electron chi connectivity index (χ2n) is 3.77. The summed E-state index contributed by atoms with van der Waals surface area (Å²) in [4.78, 5) is 4.46. The lowest BCUT2D eigenvalue weighted by atomic mass is 10.1. The monoisotopic (exact) mass is 197 g/mol. The molecule has 1 aliphatic rings. The molecule has 1 saturated carbocycles. The highest BCUT2D eigenvalue weighted by Gasteiger charge is 2.20. The van der Waals surface area contributed by atoms with E-state index in [1.807, 2.05) is 5.38 Å². The molecule has 13 heavy (non-hydrogen) atoms. The number of nitrogens with zero attached hydrogens (tertiary/aromatic N) is 1. The number of aliphatic hydroxyl groups excluding tert-OH is 1. The Balaban J connectivity index is 2.12. The number of aliphatic hydroxyl groups is 1. The van der Waals surface area contributed by atoms with Crippen molar-refractivity contribution < 1.29 is 5.11 Å². The van der Waals surface area contributed by atoms with E-state index in [2.05, 4.69) is 4.98 Å². The molecule has 0 aromatic carbocycles. The Morgan fingerprint density at radius 2 is 2.23 bits per heavy atom. The first-order valence-corrected chi connectivity index (χ1v) is 5.78. The van der Waals surface area contributed by atoms with Gasteiger partial charge in [0.1, 0.15) is 0 Å². The lowest BCUT2D eigenvalue weighted by molar-refractivity contribution is 0.195. The Morgan fingerprint density at radius 1 is 1.54 bits per heavy atom. The van der Waals surface area contributed by atoms with Crippen molar-refractivity contribution in [1.82, 2.24) is 4.98 Å². The molecule has 2 rings (SSSR count). The van der Waals surface area contributed by atoms with Crippen LogP contribution in [-0.4, -0.2) is 10.1 Å². The van der Waals surface area contributed by atoms with Crippen LogP contribution in [0.5, 0.6) is 0 Å². The molecule has 0 radical (unpaired) electrons. The van der Waals surface area contributed by atoms with E-state index < -0.39 is 6.10 Å². The van der Waals surface area contributed by atoms with Crippen LogP contribution in [0, 0.1) is 0 Å². The highest BCUT2D eigenvalue weighted by molar-refractivity contribution is 7.09. The topological polar surface area (TPSA) is 33.1 Å². The van der Waals surface area contributed by atoms with E-state index in [1.165, 1.54) is 30.7 Å². The Hall–Kier alpha value is -0.410. The van der Waals surface area contributed by atoms with E-state index in [1.54, 1.807) is 18.3 Å². The third kappa shape index (κ3) is 1.92. The van der Waals surface area contributed by atoms with E-state index in [0.29, 0.717) is 5.92 Å². The third-order valence-corrected chi connectivity index (χ3v) is 3.70. The first kappa shape index (κ1) is 9.16. The van der Waals surface area contributed by atoms with Crippen LogP contribution in [0.4, 0.5) is 0 Å². The molecule has 3 heteroatoms. The molecule has 1 heterocycles. The second kappa shape index (κ2) is 3.76. The van der Waals surface area contributed by atoms with E-state index >= 15 is 0 Å². The van der Waals surface area contributed by atoms with Gasteiger partial charge >= 0.3 is 0 Å². The van der Waals surface area contributed by atoms with Crippen molar-refractivity contribution in [3.05, 3.63) is 16.1 Å². The van der Waals surface area contributed by atoms with E-state index in [0.717, 1.165) is 5.69 Å². The Kier molecular flexibility index (Phi) is 2.65. The summed E-state index contributed by atoms with van der Waals surface area (Å²) in [6.07, 6.45) is 4.84. The van der Waals surface area contributed by atoms with Crippen molar-refractivity contribution in [3.63, 3.8) is 0 Å². The van der Waals surface area contributed by atoms with Crippen molar-refractivity contribution in [3.8, 4) is 0 Å². The van der Waals surface area contributed by atoms with Crippen molar-refractivity contribution in [1.29, 1.82) is 0 Å². The second-order valence-corrected chi connectivity index (χ2v) is 4.66. The molecule has 1 N–H and O–H groups in total. The SMILES string of the molecule is CC(O)c1csc(C2CCCC2)n1. The summed E-state index contributed by atoms with van der Waals surface area (Å²) in [6.45, 7) is 1.77. The fourth-order valence-electron chi connectivity index (χ4n) is 1.85. The molecule has 1 aromatic heterocycles. The van der Waals surface area contributed by atoms with Gasteiger partial charge in [-0.25, -0.2) is 4.98 Å². The van der Waals surface area contributed by atoms with Crippen LogP contribution in [0.15, 0.2) is 5.38 Å². The maximum Gasteiger partial charge on any atom is 0.0960 e. The summed E-state index contributed by atoms with van der Waals surface area (Å²) in [5.74, 6) is 0.678. The van der Waals surface area contributed by atoms with Crippen molar-refractivity contribution in [2.45, 2.75) is 44.6 Å². The van der Waals surface area contributed by atoms with Gasteiger partial charge in [0.15, 0.2) is 0 Å². The lowest BCUT2D eigenvalue weighted by Crippen LogP contribution is -1.94. The maximum absolute atomic E-state index is 9.32. The minimum atomic E-state index is -0.411. The molecule has 1 aromatic rings. The third-order valence-electron chi connectivity index (χ3n) is 2.67. The molecular weight excluding hydrogens is 182 g/mol. The number of hydrogen-bond donors (Lipinski definition) is 1. The zero-order valence-electron chi connectivity index (χ0n) is 7.86. The molecule has 2 nitrogen and oxygen atoms in total. The normalized spacial score (nSPS) is 20.8. The standard InChI is InChI=1S/C10H15NOS/c1-7(12)9-6-13-10(11-9)8-4-2-3-5-8/h6-8,12H,2-5H2,1H3. The van der Waals surface area contributed by atoms with Crippen molar-refractivity contribution in [2.75, 3.05) is 0 Å². The summed E-state index contributed by atoms with van der Waals surface area (Å²) in [5, 5.41) is 12.5. The summed E-state index contributed by atoms with van der Waals surface area (Å²) in [6, 6.07) is 0. The number of rotatable bonds is 2. The first-order valence-electron chi connectivity index (χ1n) is 4.91. The lowest BCUT2D eigenvalue weighted by Gasteiger charge is -2.03. The van der Waals surface area contributed by atoms with E-state index in [-0.39, 0.29) is 0 Å². The summed E-state index contributed by atoms with van der Waals surface area (Å²) in [5.41, 5.74) is 0.840. The van der Waals surface area contributed by atoms with Gasteiger partial charge in [0.25, 0.3) is 0 Å². The fourth-order valence-corrected chi connectivity index (χ4v) is 2.93. The average molecular weight is 197 g/mol. The molecule has 0 amide bonds. The van der Waals surface area contributed by atoms with Crippen LogP contribution in [0.1, 0.15) is 55.3 Å². The molecule has 1 atom stereocenters. The predicted molar refractivity (Wildman–Crippen MR) is 54.0 cm³/mol. The Bertz CT molecular complexity index is 276. The van der Waals surface area contributed by atoms with Gasteiger partial charge in [-0.15, -0.1) is 11.3 Å². The molecule has 0 saturated heterocycles. The molecule has 0 spiro atoms. The number of aromatic nitrogens is 1. The Morgan fingerprint density at radius 3 is 2.77 bits per heavy atom. The van der Waals surface area contributed by atoms with Crippen LogP contribution in [0.2, 0.25) is 0 Å². The molecule has 1 unspecified atom stereocenters. The minimum Gasteiger partial charge on any atom is -0.387 e. The summed E-state index contributed by atoms with van der Waals surface area (Å²) in [7, 11) is 0. The average Bonchev–Trinajstić information content (AvgIpc) is 2.75. The highest BCUT2D eigenvalue weighted by Crippen LogP contribution is 2.36. The molecule has 0 aliphatic heterocycles. The van der Waals surface area contributed by atoms with Gasteiger partial charge in [-0.05, 0) is 19.8 Å². The Labute approximate surface area is 82.6 Å². The van der Waals surface area contributed by atoms with Crippen LogP contribution >= 0.6 is 11.3 Å². The molecular formula is C10H15NOS. The molecule has 72 valence electrons. The van der Waals surface area contributed by atoms with Gasteiger partial charge in [0.05, 0.1) is 16.8 Å². The zero-order chi connectivity index (χ0) is 9.26. The van der Waals surface area contributed by atoms with Crippen LogP contribution in [0.25, 0.3) is 0 Å². The van der Waals surface area contributed by atoms with Crippen molar-refractivity contribution in [2.24, 2.45) is 0 Å². The van der Waals surface area contributed by atoms with Gasteiger partial charge in [0, 0.05) is 11.3 Å². The highest BCUT2D eigenvalue weighted by atomic mass is 32.1. The summed E-state index contributed by atoms with van der Waals surface area (Å²) >= 11 is 1.70. The predicted octanol–water partition coefficient (Wildman–Crippen LogP) is 2.85. The van der Waals surface area contributed by atoms with Gasteiger partial charge < -0.3 is 5.11 Å². The quantitative estimate of drug-likeness (QED) is 0.790. The van der Waals surface area contributed by atoms with Gasteiger partial charge in [-0.3, -0.25) is 0 Å². The molecule has 1 aliphatic carbocycles. The maximum atomic E-state index is 9.32. The van der Waals surface area contributed by atoms with Crippen molar-refractivity contribution >= 4 is 11.3 Å². The van der Waals surface area contributed by atoms with E-state index in [9.17, 15) is 5.11 Å². The minimum absolute atomic E-state index is 0.411. The molecule has 0 bridgehead atoms. The largest absolute Gasteiger partial charge is 0.387 e. The fraction of sp³-hybridized carbons (Fsp3) is 0.700. The van der Waals surface area contributed by atoms with E-state index in [4.69, 9.17) is 0 Å². The number of thiazole rings is 1. The summed E-state index contributed by atoms with van der Waals surface area (Å²) < 4.78 is 0. The number of hydrogen-bond acceptors (Lipinski definition) is 3.